The van der Waals surface area contributed by atoms with Gasteiger partial charge in [0, 0.05) is 32.6 Å². The van der Waals surface area contributed by atoms with Crippen LogP contribution in [0.15, 0.2) is 0 Å². The first kappa shape index (κ1) is 13.4. The van der Waals surface area contributed by atoms with Crippen LogP contribution in [0.1, 0.15) is 26.7 Å². The van der Waals surface area contributed by atoms with Crippen LogP contribution < -0.4 is 5.32 Å². The molecule has 0 saturated heterocycles. The molecule has 0 aliphatic carbocycles. The van der Waals surface area contributed by atoms with E-state index in [0.717, 1.165) is 6.42 Å². The molecule has 0 aliphatic rings. The highest BCUT2D eigenvalue weighted by Gasteiger charge is 2.13. The van der Waals surface area contributed by atoms with Crippen LogP contribution in [0, 0.1) is 0 Å². The maximum absolute atomic E-state index is 11.3. The predicted octanol–water partition coefficient (Wildman–Crippen LogP) is 0.214. The minimum Gasteiger partial charge on any atom is -0.395 e. The molecule has 0 saturated carbocycles. The van der Waals surface area contributed by atoms with E-state index in [4.69, 9.17) is 5.11 Å². The molecule has 4 heteroatoms. The SMILES string of the molecule is CC[C@H](CO)NC(C)CC(=O)N(C)C. The summed E-state index contributed by atoms with van der Waals surface area (Å²) in [7, 11) is 3.50. The first-order chi connectivity index (χ1) is 6.51. The maximum atomic E-state index is 11.3. The van der Waals surface area contributed by atoms with Gasteiger partial charge >= 0.3 is 0 Å². The third-order valence-electron chi connectivity index (χ3n) is 2.21. The molecule has 2 N–H and O–H groups in total. The second-order valence-corrected chi connectivity index (χ2v) is 3.85. The number of carbonyl (C=O) groups excluding carboxylic acids is 1. The van der Waals surface area contributed by atoms with Crippen molar-refractivity contribution in [3.63, 3.8) is 0 Å². The van der Waals surface area contributed by atoms with Crippen molar-refractivity contribution in [2.75, 3.05) is 20.7 Å². The van der Waals surface area contributed by atoms with Crippen molar-refractivity contribution in [2.45, 2.75) is 38.8 Å². The summed E-state index contributed by atoms with van der Waals surface area (Å²) < 4.78 is 0. The standard InChI is InChI=1S/C10H22N2O2/c1-5-9(7-13)11-8(2)6-10(14)12(3)4/h8-9,11,13H,5-7H2,1-4H3/t8?,9-/m1/s1. The lowest BCUT2D eigenvalue weighted by Gasteiger charge is -2.21. The predicted molar refractivity (Wildman–Crippen MR) is 57.1 cm³/mol. The van der Waals surface area contributed by atoms with Crippen LogP contribution in [0.3, 0.4) is 0 Å². The van der Waals surface area contributed by atoms with E-state index < -0.39 is 0 Å². The van der Waals surface area contributed by atoms with Crippen LogP contribution in [0.4, 0.5) is 0 Å². The summed E-state index contributed by atoms with van der Waals surface area (Å²) in [4.78, 5) is 12.9. The molecule has 0 bridgehead atoms. The van der Waals surface area contributed by atoms with Gasteiger partial charge in [0.1, 0.15) is 0 Å². The number of hydrogen-bond donors (Lipinski definition) is 2. The van der Waals surface area contributed by atoms with E-state index in [1.54, 1.807) is 19.0 Å². The van der Waals surface area contributed by atoms with Gasteiger partial charge in [0.15, 0.2) is 0 Å². The smallest absolute Gasteiger partial charge is 0.223 e. The molecule has 0 heterocycles. The Morgan fingerprint density at radius 1 is 1.50 bits per heavy atom. The van der Waals surface area contributed by atoms with Crippen molar-refractivity contribution in [1.82, 2.24) is 10.2 Å². The van der Waals surface area contributed by atoms with Gasteiger partial charge in [0.2, 0.25) is 5.91 Å². The molecule has 0 rings (SSSR count). The van der Waals surface area contributed by atoms with Gasteiger partial charge in [-0.25, -0.2) is 0 Å². The second kappa shape index (κ2) is 6.79. The number of hydrogen-bond acceptors (Lipinski definition) is 3. The van der Waals surface area contributed by atoms with Crippen LogP contribution in [0.5, 0.6) is 0 Å². The number of aliphatic hydroxyl groups excluding tert-OH is 1. The molecule has 0 spiro atoms. The van der Waals surface area contributed by atoms with Crippen molar-refractivity contribution in [3.8, 4) is 0 Å². The second-order valence-electron chi connectivity index (χ2n) is 3.85. The summed E-state index contributed by atoms with van der Waals surface area (Å²) >= 11 is 0. The minimum atomic E-state index is 0.0972. The van der Waals surface area contributed by atoms with E-state index >= 15 is 0 Å². The Morgan fingerprint density at radius 2 is 2.07 bits per heavy atom. The molecule has 14 heavy (non-hydrogen) atoms. The van der Waals surface area contributed by atoms with E-state index in [2.05, 4.69) is 5.32 Å². The summed E-state index contributed by atoms with van der Waals surface area (Å²) in [6.07, 6.45) is 1.35. The lowest BCUT2D eigenvalue weighted by Crippen LogP contribution is -2.41. The normalized spacial score (nSPS) is 14.9. The van der Waals surface area contributed by atoms with Gasteiger partial charge in [0.25, 0.3) is 0 Å². The van der Waals surface area contributed by atoms with Crippen molar-refractivity contribution in [1.29, 1.82) is 0 Å². The summed E-state index contributed by atoms with van der Waals surface area (Å²) in [6, 6.07) is 0.210. The molecular weight excluding hydrogens is 180 g/mol. The number of nitrogens with zero attached hydrogens (tertiary/aromatic N) is 1. The molecule has 2 atom stereocenters. The van der Waals surface area contributed by atoms with Crippen LogP contribution in [-0.2, 0) is 4.79 Å². The summed E-state index contributed by atoms with van der Waals surface area (Å²) in [5.74, 6) is 0.109. The van der Waals surface area contributed by atoms with E-state index in [0.29, 0.717) is 6.42 Å². The average Bonchev–Trinajstić information content (AvgIpc) is 2.13. The monoisotopic (exact) mass is 202 g/mol. The molecule has 0 aromatic rings. The van der Waals surface area contributed by atoms with E-state index in [-0.39, 0.29) is 24.6 Å². The Kier molecular flexibility index (Phi) is 6.49. The first-order valence-electron chi connectivity index (χ1n) is 5.08. The molecule has 1 unspecified atom stereocenters. The molecule has 0 aliphatic heterocycles. The lowest BCUT2D eigenvalue weighted by molar-refractivity contribution is -0.129. The van der Waals surface area contributed by atoms with Crippen LogP contribution >= 0.6 is 0 Å². The largest absolute Gasteiger partial charge is 0.395 e. The molecule has 0 fully saturated rings. The molecule has 1 amide bonds. The van der Waals surface area contributed by atoms with Gasteiger partial charge in [-0.15, -0.1) is 0 Å². The van der Waals surface area contributed by atoms with Gasteiger partial charge in [-0.3, -0.25) is 4.79 Å². The van der Waals surface area contributed by atoms with E-state index in [9.17, 15) is 4.79 Å². The van der Waals surface area contributed by atoms with Crippen molar-refractivity contribution in [2.24, 2.45) is 0 Å². The molecule has 0 radical (unpaired) electrons. The first-order valence-corrected chi connectivity index (χ1v) is 5.08. The van der Waals surface area contributed by atoms with Crippen molar-refractivity contribution < 1.29 is 9.90 Å². The highest BCUT2D eigenvalue weighted by atomic mass is 16.3. The number of rotatable bonds is 6. The quantitative estimate of drug-likeness (QED) is 0.647. The topological polar surface area (TPSA) is 52.6 Å². The fourth-order valence-corrected chi connectivity index (χ4v) is 1.21. The third kappa shape index (κ3) is 5.19. The number of aliphatic hydroxyl groups is 1. The minimum absolute atomic E-state index is 0.0972. The molecular formula is C10H22N2O2. The van der Waals surface area contributed by atoms with Crippen molar-refractivity contribution >= 4 is 5.91 Å². The van der Waals surface area contributed by atoms with E-state index in [1.165, 1.54) is 0 Å². The summed E-state index contributed by atoms with van der Waals surface area (Å²) in [5.41, 5.74) is 0. The lowest BCUT2D eigenvalue weighted by atomic mass is 10.1. The number of carbonyl (C=O) groups is 1. The Bertz CT molecular complexity index is 168. The third-order valence-corrected chi connectivity index (χ3v) is 2.21. The van der Waals surface area contributed by atoms with E-state index in [1.807, 2.05) is 13.8 Å². The van der Waals surface area contributed by atoms with Gasteiger partial charge in [-0.05, 0) is 13.3 Å². The summed E-state index contributed by atoms with van der Waals surface area (Å²) in [5, 5.41) is 12.2. The molecule has 84 valence electrons. The fraction of sp³-hybridized carbons (Fsp3) is 0.900. The zero-order valence-electron chi connectivity index (χ0n) is 9.58. The van der Waals surface area contributed by atoms with Crippen LogP contribution in [0.2, 0.25) is 0 Å². The van der Waals surface area contributed by atoms with Gasteiger partial charge < -0.3 is 15.3 Å². The van der Waals surface area contributed by atoms with Crippen molar-refractivity contribution in [3.05, 3.63) is 0 Å². The zero-order chi connectivity index (χ0) is 11.1. The maximum Gasteiger partial charge on any atom is 0.223 e. The fourth-order valence-electron chi connectivity index (χ4n) is 1.21. The zero-order valence-corrected chi connectivity index (χ0v) is 9.58. The number of amides is 1. The molecule has 4 nitrogen and oxygen atoms in total. The van der Waals surface area contributed by atoms with Gasteiger partial charge in [0.05, 0.1) is 6.61 Å². The van der Waals surface area contributed by atoms with Gasteiger partial charge in [-0.1, -0.05) is 6.92 Å². The Morgan fingerprint density at radius 3 is 2.43 bits per heavy atom. The Labute approximate surface area is 86.3 Å². The highest BCUT2D eigenvalue weighted by molar-refractivity contribution is 5.76. The van der Waals surface area contributed by atoms with Crippen LogP contribution in [-0.4, -0.2) is 48.7 Å². The number of nitrogens with one attached hydrogen (secondary N) is 1. The average molecular weight is 202 g/mol. The highest BCUT2D eigenvalue weighted by Crippen LogP contribution is 1.98. The summed E-state index contributed by atoms with van der Waals surface area (Å²) in [6.45, 7) is 4.09. The molecule has 0 aromatic carbocycles. The van der Waals surface area contributed by atoms with Gasteiger partial charge in [-0.2, -0.15) is 0 Å². The Balaban J connectivity index is 3.84. The Hall–Kier alpha value is -0.610. The molecule has 0 aromatic heterocycles. The van der Waals surface area contributed by atoms with Crippen LogP contribution in [0.25, 0.3) is 0 Å².